The van der Waals surface area contributed by atoms with Crippen molar-refractivity contribution in [1.29, 1.82) is 5.26 Å². The summed E-state index contributed by atoms with van der Waals surface area (Å²) in [5, 5.41) is 11.5. The lowest BCUT2D eigenvalue weighted by Crippen LogP contribution is -2.21. The summed E-state index contributed by atoms with van der Waals surface area (Å²) in [4.78, 5) is 14.3. The molecule has 0 aromatic carbocycles. The highest BCUT2D eigenvalue weighted by Gasteiger charge is 2.01. The van der Waals surface area contributed by atoms with E-state index in [-0.39, 0.29) is 6.61 Å². The van der Waals surface area contributed by atoms with Crippen LogP contribution in [0.15, 0.2) is 12.3 Å². The van der Waals surface area contributed by atoms with Crippen molar-refractivity contribution in [3.8, 4) is 6.07 Å². The van der Waals surface area contributed by atoms with Crippen LogP contribution in [0.3, 0.4) is 0 Å². The molecule has 0 radical (unpaired) electrons. The number of hydrogen-bond acceptors (Lipinski definition) is 6. The van der Waals surface area contributed by atoms with Gasteiger partial charge in [-0.3, -0.25) is 4.79 Å². The van der Waals surface area contributed by atoms with E-state index >= 15 is 0 Å². The smallest absolute Gasteiger partial charge is 0.243 e. The maximum atomic E-state index is 10.4. The number of pyridine rings is 1. The van der Waals surface area contributed by atoms with E-state index in [4.69, 9.17) is 21.5 Å². The maximum absolute atomic E-state index is 10.4. The van der Waals surface area contributed by atoms with E-state index in [1.807, 2.05) is 6.07 Å². The fourth-order valence-electron chi connectivity index (χ4n) is 1.10. The minimum Gasteiger partial charge on any atom is -0.396 e. The fourth-order valence-corrected chi connectivity index (χ4v) is 1.10. The molecule has 0 aliphatic heterocycles. The summed E-state index contributed by atoms with van der Waals surface area (Å²) < 4.78 is 4.94. The van der Waals surface area contributed by atoms with Crippen molar-refractivity contribution < 1.29 is 9.53 Å². The number of nitrogens with two attached hydrogens (primary N) is 2. The van der Waals surface area contributed by atoms with Gasteiger partial charge in [-0.15, -0.1) is 0 Å². The van der Waals surface area contributed by atoms with Gasteiger partial charge in [-0.2, -0.15) is 5.26 Å². The molecule has 1 amide bonds. The first kappa shape index (κ1) is 12.7. The highest BCUT2D eigenvalue weighted by atomic mass is 16.5. The number of aromatic nitrogens is 1. The highest BCUT2D eigenvalue weighted by molar-refractivity contribution is 5.75. The van der Waals surface area contributed by atoms with Gasteiger partial charge in [-0.1, -0.05) is 0 Å². The number of carbonyl (C=O) groups is 1. The fraction of sp³-hybridized carbons (Fsp3) is 0.300. The molecule has 17 heavy (non-hydrogen) atoms. The first-order valence-electron chi connectivity index (χ1n) is 4.89. The Balaban J connectivity index is 2.37. The molecule has 0 fully saturated rings. The predicted octanol–water partition coefficient (Wildman–Crippen LogP) is -0.551. The van der Waals surface area contributed by atoms with Crippen LogP contribution in [0.25, 0.3) is 0 Å². The second kappa shape index (κ2) is 6.30. The van der Waals surface area contributed by atoms with Gasteiger partial charge in [-0.05, 0) is 6.07 Å². The summed E-state index contributed by atoms with van der Waals surface area (Å²) in [7, 11) is 0. The van der Waals surface area contributed by atoms with E-state index in [0.29, 0.717) is 30.2 Å². The number of carbonyl (C=O) groups excluding carboxylic acids is 1. The van der Waals surface area contributed by atoms with Crippen molar-refractivity contribution in [2.75, 3.05) is 30.8 Å². The van der Waals surface area contributed by atoms with Gasteiger partial charge in [-0.25, -0.2) is 4.98 Å². The third-order valence-electron chi connectivity index (χ3n) is 1.83. The molecule has 0 saturated heterocycles. The molecule has 0 bridgehead atoms. The average molecular weight is 235 g/mol. The van der Waals surface area contributed by atoms with Crippen LogP contribution in [-0.2, 0) is 9.53 Å². The molecule has 0 spiro atoms. The Morgan fingerprint density at radius 2 is 2.41 bits per heavy atom. The van der Waals surface area contributed by atoms with Crippen LogP contribution < -0.4 is 16.8 Å². The molecule has 5 N–H and O–H groups in total. The van der Waals surface area contributed by atoms with Gasteiger partial charge in [0.2, 0.25) is 5.91 Å². The molecule has 1 aromatic heterocycles. The number of nitrogen functional groups attached to an aromatic ring is 1. The number of anilines is 2. The number of ether oxygens (including phenoxy) is 1. The number of nitrogens with zero attached hydrogens (tertiary/aromatic N) is 2. The van der Waals surface area contributed by atoms with Gasteiger partial charge < -0.3 is 21.5 Å². The van der Waals surface area contributed by atoms with E-state index < -0.39 is 5.91 Å². The van der Waals surface area contributed by atoms with Crippen LogP contribution in [0.1, 0.15) is 5.56 Å². The molecular weight excluding hydrogens is 222 g/mol. The summed E-state index contributed by atoms with van der Waals surface area (Å²) >= 11 is 0. The van der Waals surface area contributed by atoms with Crippen LogP contribution in [0.2, 0.25) is 0 Å². The predicted molar refractivity (Wildman–Crippen MR) is 61.9 cm³/mol. The Bertz CT molecular complexity index is 441. The van der Waals surface area contributed by atoms with Gasteiger partial charge in [0.1, 0.15) is 18.5 Å². The van der Waals surface area contributed by atoms with Crippen LogP contribution in [0.4, 0.5) is 11.5 Å². The van der Waals surface area contributed by atoms with E-state index in [1.54, 1.807) is 0 Å². The average Bonchev–Trinajstić information content (AvgIpc) is 2.30. The molecular formula is C10H13N5O2. The zero-order valence-corrected chi connectivity index (χ0v) is 9.14. The third kappa shape index (κ3) is 4.36. The summed E-state index contributed by atoms with van der Waals surface area (Å²) in [5.74, 6) is -0.0345. The molecule has 1 heterocycles. The lowest BCUT2D eigenvalue weighted by atomic mass is 10.3. The van der Waals surface area contributed by atoms with Crippen LogP contribution >= 0.6 is 0 Å². The van der Waals surface area contributed by atoms with Gasteiger partial charge in [0.05, 0.1) is 17.9 Å². The van der Waals surface area contributed by atoms with E-state index in [9.17, 15) is 4.79 Å². The van der Waals surface area contributed by atoms with Crippen LogP contribution in [0, 0.1) is 11.3 Å². The number of hydrogen-bond donors (Lipinski definition) is 3. The minimum absolute atomic E-state index is 0.113. The molecule has 0 aliphatic carbocycles. The summed E-state index contributed by atoms with van der Waals surface area (Å²) in [5.41, 5.74) is 11.4. The molecule has 7 nitrogen and oxygen atoms in total. The number of nitrogens with one attached hydrogen (secondary N) is 1. The van der Waals surface area contributed by atoms with Gasteiger partial charge >= 0.3 is 0 Å². The second-order valence-corrected chi connectivity index (χ2v) is 3.22. The summed E-state index contributed by atoms with van der Waals surface area (Å²) in [6, 6.07) is 3.46. The first-order valence-corrected chi connectivity index (χ1v) is 4.89. The lowest BCUT2D eigenvalue weighted by Gasteiger charge is -2.08. The maximum Gasteiger partial charge on any atom is 0.243 e. The van der Waals surface area contributed by atoms with Crippen molar-refractivity contribution >= 4 is 17.4 Å². The standard InChI is InChI=1S/C10H13N5O2/c11-4-7-3-8(12)10(15-5-7)14-1-2-17-6-9(13)16/h3,5H,1-2,6,12H2,(H2,13,16)(H,14,15). The van der Waals surface area contributed by atoms with Crippen LogP contribution in [-0.4, -0.2) is 30.6 Å². The van der Waals surface area contributed by atoms with E-state index in [2.05, 4.69) is 10.3 Å². The van der Waals surface area contributed by atoms with Crippen molar-refractivity contribution in [3.05, 3.63) is 17.8 Å². The molecule has 0 saturated carbocycles. The van der Waals surface area contributed by atoms with Gasteiger partial charge in [0.25, 0.3) is 0 Å². The molecule has 0 aliphatic rings. The quantitative estimate of drug-likeness (QED) is 0.567. The van der Waals surface area contributed by atoms with E-state index in [0.717, 1.165) is 0 Å². The van der Waals surface area contributed by atoms with Crippen molar-refractivity contribution in [2.45, 2.75) is 0 Å². The highest BCUT2D eigenvalue weighted by Crippen LogP contribution is 2.15. The second-order valence-electron chi connectivity index (χ2n) is 3.22. The molecule has 1 rings (SSSR count). The number of primary amides is 1. The topological polar surface area (TPSA) is 127 Å². The van der Waals surface area contributed by atoms with Gasteiger partial charge in [0.15, 0.2) is 0 Å². The Labute approximate surface area is 98.4 Å². The molecule has 0 atom stereocenters. The zero-order valence-electron chi connectivity index (χ0n) is 9.14. The number of amides is 1. The minimum atomic E-state index is -0.513. The van der Waals surface area contributed by atoms with Gasteiger partial charge in [0, 0.05) is 12.7 Å². The normalized spacial score (nSPS) is 9.59. The Morgan fingerprint density at radius 1 is 1.65 bits per heavy atom. The summed E-state index contributed by atoms with van der Waals surface area (Å²) in [6.45, 7) is 0.637. The Morgan fingerprint density at radius 3 is 3.00 bits per heavy atom. The first-order chi connectivity index (χ1) is 8.13. The van der Waals surface area contributed by atoms with Crippen LogP contribution in [0.5, 0.6) is 0 Å². The van der Waals surface area contributed by atoms with Crippen molar-refractivity contribution in [1.82, 2.24) is 4.98 Å². The van der Waals surface area contributed by atoms with Crippen molar-refractivity contribution in [3.63, 3.8) is 0 Å². The summed E-state index contributed by atoms with van der Waals surface area (Å²) in [6.07, 6.45) is 1.42. The molecule has 1 aromatic rings. The number of nitriles is 1. The Hall–Kier alpha value is -2.33. The molecule has 0 unspecified atom stereocenters. The zero-order chi connectivity index (χ0) is 12.7. The SMILES string of the molecule is N#Cc1cnc(NCCOCC(N)=O)c(N)c1. The monoisotopic (exact) mass is 235 g/mol. The molecule has 7 heteroatoms. The largest absolute Gasteiger partial charge is 0.396 e. The number of rotatable bonds is 6. The van der Waals surface area contributed by atoms with Crippen molar-refractivity contribution in [2.24, 2.45) is 5.73 Å². The van der Waals surface area contributed by atoms with E-state index in [1.165, 1.54) is 12.3 Å². The lowest BCUT2D eigenvalue weighted by molar-refractivity contribution is -0.122. The molecule has 90 valence electrons. The third-order valence-corrected chi connectivity index (χ3v) is 1.83. The Kier molecular flexibility index (Phi) is 4.72.